The van der Waals surface area contributed by atoms with Crippen molar-refractivity contribution in [2.45, 2.75) is 77.5 Å². The molecule has 1 atom stereocenters. The lowest BCUT2D eigenvalue weighted by Gasteiger charge is -2.47. The molecule has 174 valence electrons. The van der Waals surface area contributed by atoms with Gasteiger partial charge in [0.05, 0.1) is 24.9 Å². The maximum Gasteiger partial charge on any atom is 0.340 e. The molecule has 0 bridgehead atoms. The van der Waals surface area contributed by atoms with Gasteiger partial charge in [-0.2, -0.15) is 0 Å². The number of carbonyl (C=O) groups excluding carboxylic acids is 1. The van der Waals surface area contributed by atoms with Crippen molar-refractivity contribution in [2.75, 3.05) is 26.3 Å². The summed E-state index contributed by atoms with van der Waals surface area (Å²) in [5.41, 5.74) is 2.56. The van der Waals surface area contributed by atoms with E-state index in [-0.39, 0.29) is 5.97 Å². The Bertz CT molecular complexity index is 953. The number of fused-ring (bicyclic) bond motifs is 1. The lowest BCUT2D eigenvalue weighted by Crippen LogP contribution is -2.54. The second-order valence-electron chi connectivity index (χ2n) is 10.1. The molecule has 6 heteroatoms. The van der Waals surface area contributed by atoms with Crippen LogP contribution in [0.3, 0.4) is 0 Å². The van der Waals surface area contributed by atoms with E-state index in [1.165, 1.54) is 51.6 Å². The van der Waals surface area contributed by atoms with Crippen molar-refractivity contribution >= 4 is 17.0 Å². The smallest absolute Gasteiger partial charge is 0.340 e. The van der Waals surface area contributed by atoms with Crippen LogP contribution in [0.4, 0.5) is 0 Å². The van der Waals surface area contributed by atoms with Crippen LogP contribution in [0.1, 0.15) is 74.5 Å². The minimum Gasteiger partial charge on any atom is -0.462 e. The molecule has 0 amide bonds. The van der Waals surface area contributed by atoms with Crippen LogP contribution in [0, 0.1) is 18.8 Å². The van der Waals surface area contributed by atoms with Gasteiger partial charge in [-0.3, -0.25) is 4.90 Å². The van der Waals surface area contributed by atoms with Crippen LogP contribution < -0.4 is 0 Å². The van der Waals surface area contributed by atoms with Crippen molar-refractivity contribution in [3.8, 4) is 0 Å². The molecular formula is C26H37N3O3. The molecule has 32 heavy (non-hydrogen) atoms. The zero-order chi connectivity index (χ0) is 22.2. The topological polar surface area (TPSA) is 56.6 Å². The minimum absolute atomic E-state index is 0.240. The Labute approximate surface area is 191 Å². The molecule has 0 aromatic carbocycles. The number of ether oxygens (including phenoxy) is 2. The van der Waals surface area contributed by atoms with E-state index in [0.717, 1.165) is 35.3 Å². The number of hydrogen-bond donors (Lipinski definition) is 0. The van der Waals surface area contributed by atoms with Crippen molar-refractivity contribution in [1.29, 1.82) is 0 Å². The van der Waals surface area contributed by atoms with E-state index < -0.39 is 0 Å². The minimum atomic E-state index is -0.240. The van der Waals surface area contributed by atoms with Gasteiger partial charge in [-0.1, -0.05) is 0 Å². The molecule has 3 fully saturated rings. The fourth-order valence-corrected chi connectivity index (χ4v) is 5.90. The fraction of sp³-hybridized carbons (Fsp3) is 0.692. The van der Waals surface area contributed by atoms with Crippen molar-refractivity contribution in [2.24, 2.45) is 11.8 Å². The van der Waals surface area contributed by atoms with Gasteiger partial charge in [0.2, 0.25) is 0 Å². The van der Waals surface area contributed by atoms with Gasteiger partial charge in [-0.05, 0) is 77.3 Å². The van der Waals surface area contributed by atoms with Crippen LogP contribution in [0.15, 0.2) is 18.3 Å². The number of pyridine rings is 1. The van der Waals surface area contributed by atoms with Gasteiger partial charge in [-0.15, -0.1) is 0 Å². The van der Waals surface area contributed by atoms with Crippen molar-refractivity contribution in [3.63, 3.8) is 0 Å². The maximum absolute atomic E-state index is 12.7. The molecule has 2 saturated carbocycles. The first-order valence-electron chi connectivity index (χ1n) is 12.5. The largest absolute Gasteiger partial charge is 0.462 e. The van der Waals surface area contributed by atoms with Crippen LogP contribution in [0.2, 0.25) is 0 Å². The van der Waals surface area contributed by atoms with Gasteiger partial charge < -0.3 is 14.0 Å². The monoisotopic (exact) mass is 439 g/mol. The summed E-state index contributed by atoms with van der Waals surface area (Å²) >= 11 is 0. The Kier molecular flexibility index (Phi) is 6.26. The summed E-state index contributed by atoms with van der Waals surface area (Å²) in [6, 6.07) is 4.94. The summed E-state index contributed by atoms with van der Waals surface area (Å²) in [5.74, 6) is 1.11. The second-order valence-corrected chi connectivity index (χ2v) is 10.1. The molecule has 0 N–H and O–H groups in total. The normalized spacial score (nSPS) is 25.6. The molecular weight excluding hydrogens is 402 g/mol. The molecule has 2 aliphatic carbocycles. The highest BCUT2D eigenvalue weighted by Crippen LogP contribution is 2.39. The Morgan fingerprint density at radius 2 is 1.94 bits per heavy atom. The third-order valence-corrected chi connectivity index (χ3v) is 7.91. The predicted octanol–water partition coefficient (Wildman–Crippen LogP) is 4.75. The van der Waals surface area contributed by atoms with E-state index >= 15 is 0 Å². The Morgan fingerprint density at radius 1 is 1.19 bits per heavy atom. The molecule has 1 aliphatic heterocycles. The molecule has 5 rings (SSSR count). The van der Waals surface area contributed by atoms with Crippen LogP contribution in [0.25, 0.3) is 11.0 Å². The number of nitrogens with zero attached hydrogens (tertiary/aromatic N) is 3. The van der Waals surface area contributed by atoms with Crippen LogP contribution in [-0.2, 0) is 9.47 Å². The van der Waals surface area contributed by atoms with Gasteiger partial charge in [-0.25, -0.2) is 9.78 Å². The number of hydrogen-bond acceptors (Lipinski definition) is 5. The summed E-state index contributed by atoms with van der Waals surface area (Å²) in [4.78, 5) is 20.0. The SMILES string of the molecule is CCOC(=O)c1c(C)n([C@H](C)C2CCC(N3CC(COC4CC4)C3)CC2)c2ncccc12. The number of esters is 1. The molecule has 0 radical (unpaired) electrons. The summed E-state index contributed by atoms with van der Waals surface area (Å²) in [6.45, 7) is 9.97. The van der Waals surface area contributed by atoms with E-state index in [9.17, 15) is 4.79 Å². The third kappa shape index (κ3) is 4.19. The highest BCUT2D eigenvalue weighted by Gasteiger charge is 2.37. The van der Waals surface area contributed by atoms with Gasteiger partial charge in [0.25, 0.3) is 0 Å². The Morgan fingerprint density at radius 3 is 2.62 bits per heavy atom. The number of likely N-dealkylation sites (tertiary alicyclic amines) is 1. The predicted molar refractivity (Wildman–Crippen MR) is 125 cm³/mol. The summed E-state index contributed by atoms with van der Waals surface area (Å²) in [5, 5.41) is 0.907. The van der Waals surface area contributed by atoms with E-state index in [4.69, 9.17) is 9.47 Å². The molecule has 2 aromatic heterocycles. The molecule has 0 spiro atoms. The van der Waals surface area contributed by atoms with Gasteiger partial charge >= 0.3 is 5.97 Å². The quantitative estimate of drug-likeness (QED) is 0.556. The van der Waals surface area contributed by atoms with Crippen LogP contribution >= 0.6 is 0 Å². The Hall–Kier alpha value is -1.92. The lowest BCUT2D eigenvalue weighted by atomic mass is 9.80. The van der Waals surface area contributed by atoms with E-state index in [1.54, 1.807) is 0 Å². The summed E-state index contributed by atoms with van der Waals surface area (Å²) in [7, 11) is 0. The molecule has 3 heterocycles. The first kappa shape index (κ1) is 21.9. The highest BCUT2D eigenvalue weighted by atomic mass is 16.5. The number of carbonyl (C=O) groups is 1. The Balaban J connectivity index is 1.23. The van der Waals surface area contributed by atoms with E-state index in [1.807, 2.05) is 32.2 Å². The third-order valence-electron chi connectivity index (χ3n) is 7.91. The van der Waals surface area contributed by atoms with Crippen LogP contribution in [-0.4, -0.2) is 58.9 Å². The number of rotatable bonds is 8. The summed E-state index contributed by atoms with van der Waals surface area (Å²) in [6.07, 6.45) is 9.93. The van der Waals surface area contributed by atoms with Gasteiger partial charge in [0.1, 0.15) is 5.65 Å². The molecule has 6 nitrogen and oxygen atoms in total. The molecule has 0 unspecified atom stereocenters. The zero-order valence-corrected chi connectivity index (χ0v) is 19.8. The maximum atomic E-state index is 12.7. The van der Waals surface area contributed by atoms with Crippen molar-refractivity contribution in [1.82, 2.24) is 14.5 Å². The summed E-state index contributed by atoms with van der Waals surface area (Å²) < 4.78 is 13.6. The number of aromatic nitrogens is 2. The first-order chi connectivity index (χ1) is 15.6. The highest BCUT2D eigenvalue weighted by molar-refractivity contribution is 6.05. The van der Waals surface area contributed by atoms with E-state index in [0.29, 0.717) is 30.2 Å². The average Bonchev–Trinajstić information content (AvgIpc) is 3.54. The van der Waals surface area contributed by atoms with Gasteiger partial charge in [0, 0.05) is 48.4 Å². The second kappa shape index (κ2) is 9.14. The standard InChI is InChI=1S/C26H37N3O3/c1-4-31-26(30)24-18(3)29(25-23(24)6-5-13-27-25)17(2)20-7-9-21(10-8-20)28-14-19(15-28)16-32-22-11-12-22/h5-6,13,17,19-22H,4,7-12,14-16H2,1-3H3/t17-,20?,21?/m1/s1. The van der Waals surface area contributed by atoms with Gasteiger partial charge in [0.15, 0.2) is 0 Å². The molecule has 2 aromatic rings. The molecule has 3 aliphatic rings. The van der Waals surface area contributed by atoms with Crippen LogP contribution in [0.5, 0.6) is 0 Å². The first-order valence-corrected chi connectivity index (χ1v) is 12.5. The zero-order valence-electron chi connectivity index (χ0n) is 19.8. The average molecular weight is 440 g/mol. The fourth-order valence-electron chi connectivity index (χ4n) is 5.90. The van der Waals surface area contributed by atoms with Crippen molar-refractivity contribution < 1.29 is 14.3 Å². The lowest BCUT2D eigenvalue weighted by molar-refractivity contribution is -0.0257. The molecule has 1 saturated heterocycles. The van der Waals surface area contributed by atoms with E-state index in [2.05, 4.69) is 21.4 Å². The van der Waals surface area contributed by atoms with Crippen molar-refractivity contribution in [3.05, 3.63) is 29.6 Å².